The molecule has 30 heavy (non-hydrogen) atoms. The normalized spacial score (nSPS) is 11.4. The lowest BCUT2D eigenvalue weighted by atomic mass is 10.1. The molecule has 0 bridgehead atoms. The van der Waals surface area contributed by atoms with Gasteiger partial charge in [-0.25, -0.2) is 18.1 Å². The van der Waals surface area contributed by atoms with Crippen LogP contribution in [0.1, 0.15) is 31.3 Å². The number of nitrogens with one attached hydrogen (secondary N) is 1. The number of carbonyl (C=O) groups excluding carboxylic acids is 2. The molecule has 0 radical (unpaired) electrons. The molecule has 3 aromatic rings. The number of hydrogen-bond acceptors (Lipinski definition) is 5. The van der Waals surface area contributed by atoms with Gasteiger partial charge in [0.25, 0.3) is 11.6 Å². The minimum atomic E-state index is -1.04. The molecular weight excluding hydrogens is 400 g/mol. The third-order valence-corrected chi connectivity index (χ3v) is 4.02. The van der Waals surface area contributed by atoms with E-state index in [-0.39, 0.29) is 16.8 Å². The zero-order chi connectivity index (χ0) is 22.2. The van der Waals surface area contributed by atoms with Crippen LogP contribution in [-0.4, -0.2) is 27.1 Å². The Bertz CT molecular complexity index is 1160. The number of halogens is 2. The van der Waals surface area contributed by atoms with Gasteiger partial charge in [-0.2, -0.15) is 0 Å². The monoisotopic (exact) mass is 417 g/mol. The van der Waals surface area contributed by atoms with Gasteiger partial charge in [0.05, 0.1) is 4.92 Å². The fourth-order valence-electron chi connectivity index (χ4n) is 2.79. The lowest BCUT2D eigenvalue weighted by Crippen LogP contribution is -2.29. The van der Waals surface area contributed by atoms with E-state index in [2.05, 4.69) is 5.32 Å². The summed E-state index contributed by atoms with van der Waals surface area (Å²) in [5.74, 6) is -3.08. The van der Waals surface area contributed by atoms with Crippen LogP contribution in [0.2, 0.25) is 0 Å². The minimum absolute atomic E-state index is 0.0457. The van der Waals surface area contributed by atoms with Crippen LogP contribution < -0.4 is 5.32 Å². The Morgan fingerprint density at radius 1 is 1.13 bits per heavy atom. The molecular formula is C20H17F2N3O5. The van der Waals surface area contributed by atoms with Crippen LogP contribution in [0, 0.1) is 21.7 Å². The molecule has 156 valence electrons. The van der Waals surface area contributed by atoms with Crippen molar-refractivity contribution in [2.24, 2.45) is 0 Å². The van der Waals surface area contributed by atoms with Gasteiger partial charge in [0.1, 0.15) is 28.6 Å². The molecule has 1 N–H and O–H groups in total. The van der Waals surface area contributed by atoms with E-state index < -0.39 is 39.8 Å². The van der Waals surface area contributed by atoms with Crippen molar-refractivity contribution in [3.8, 4) is 0 Å². The molecule has 1 aromatic heterocycles. The molecule has 0 aliphatic rings. The fourth-order valence-corrected chi connectivity index (χ4v) is 2.79. The van der Waals surface area contributed by atoms with E-state index in [1.807, 2.05) is 0 Å². The second kappa shape index (κ2) is 7.54. The summed E-state index contributed by atoms with van der Waals surface area (Å²) in [5, 5.41) is 13.6. The molecule has 0 saturated carbocycles. The average molecular weight is 417 g/mol. The van der Waals surface area contributed by atoms with Crippen LogP contribution in [0.3, 0.4) is 0 Å². The molecule has 1 heterocycles. The summed E-state index contributed by atoms with van der Waals surface area (Å²) in [4.78, 5) is 36.0. The van der Waals surface area contributed by atoms with Crippen molar-refractivity contribution in [2.45, 2.75) is 26.4 Å². The maximum atomic E-state index is 14.0. The summed E-state index contributed by atoms with van der Waals surface area (Å²) in [6, 6.07) is 6.70. The van der Waals surface area contributed by atoms with E-state index in [1.54, 1.807) is 20.8 Å². The summed E-state index contributed by atoms with van der Waals surface area (Å²) in [7, 11) is 0. The van der Waals surface area contributed by atoms with Crippen molar-refractivity contribution in [1.82, 2.24) is 4.57 Å². The van der Waals surface area contributed by atoms with Crippen LogP contribution in [0.25, 0.3) is 10.8 Å². The van der Waals surface area contributed by atoms with Gasteiger partial charge in [-0.3, -0.25) is 14.9 Å². The number of non-ortho nitro benzene ring substituents is 1. The number of nitro benzene ring substituents is 1. The van der Waals surface area contributed by atoms with Gasteiger partial charge in [-0.05, 0) is 39.0 Å². The number of carbonyl (C=O) groups is 2. The number of nitro groups is 1. The predicted octanol–water partition coefficient (Wildman–Crippen LogP) is 4.86. The SMILES string of the molecule is CC(C)(C)OC(=O)n1cc2ccc([N+](=O)[O-])cc2c1C(=O)Nc1c(F)cccc1F. The van der Waals surface area contributed by atoms with Crippen molar-refractivity contribution in [3.05, 3.63) is 70.0 Å². The molecule has 8 nitrogen and oxygen atoms in total. The zero-order valence-electron chi connectivity index (χ0n) is 16.2. The van der Waals surface area contributed by atoms with Crippen LogP contribution in [-0.2, 0) is 4.74 Å². The van der Waals surface area contributed by atoms with Crippen LogP contribution in [0.4, 0.5) is 25.0 Å². The number of rotatable bonds is 3. The largest absolute Gasteiger partial charge is 0.443 e. The third kappa shape index (κ3) is 4.12. The number of aromatic nitrogens is 1. The predicted molar refractivity (Wildman–Crippen MR) is 105 cm³/mol. The maximum Gasteiger partial charge on any atom is 0.419 e. The van der Waals surface area contributed by atoms with E-state index >= 15 is 0 Å². The number of benzene rings is 2. The van der Waals surface area contributed by atoms with Gasteiger partial charge in [0, 0.05) is 29.1 Å². The van der Waals surface area contributed by atoms with E-state index in [4.69, 9.17) is 4.74 Å². The highest BCUT2D eigenvalue weighted by Crippen LogP contribution is 2.28. The third-order valence-electron chi connectivity index (χ3n) is 4.02. The zero-order valence-corrected chi connectivity index (χ0v) is 16.2. The average Bonchev–Trinajstić information content (AvgIpc) is 3.02. The van der Waals surface area contributed by atoms with Crippen molar-refractivity contribution in [1.29, 1.82) is 0 Å². The molecule has 0 atom stereocenters. The molecule has 0 spiro atoms. The number of anilines is 1. The second-order valence-electron chi connectivity index (χ2n) is 7.41. The number of nitrogens with zero attached hydrogens (tertiary/aromatic N) is 2. The molecule has 0 fully saturated rings. The quantitative estimate of drug-likeness (QED) is 0.484. The minimum Gasteiger partial charge on any atom is -0.443 e. The number of para-hydroxylation sites is 1. The Hall–Kier alpha value is -3.82. The topological polar surface area (TPSA) is 103 Å². The molecule has 10 heteroatoms. The summed E-state index contributed by atoms with van der Waals surface area (Å²) in [6.45, 7) is 4.86. The molecule has 0 aliphatic carbocycles. The highest BCUT2D eigenvalue weighted by atomic mass is 19.1. The number of hydrogen-bond donors (Lipinski definition) is 1. The first kappa shape index (κ1) is 20.9. The maximum absolute atomic E-state index is 14.0. The highest BCUT2D eigenvalue weighted by Gasteiger charge is 2.27. The van der Waals surface area contributed by atoms with Gasteiger partial charge in [0.15, 0.2) is 0 Å². The highest BCUT2D eigenvalue weighted by molar-refractivity contribution is 6.14. The standard InChI is InChI=1S/C20H17F2N3O5/c1-20(2,3)30-19(27)24-10-11-7-8-12(25(28)29)9-13(11)17(24)18(26)23-16-14(21)5-4-6-15(16)22/h4-10H,1-3H3,(H,23,26). The Morgan fingerprint density at radius 3 is 2.33 bits per heavy atom. The van der Waals surface area contributed by atoms with Gasteiger partial charge in [0.2, 0.25) is 0 Å². The van der Waals surface area contributed by atoms with Gasteiger partial charge in [-0.15, -0.1) is 0 Å². The molecule has 0 aliphatic heterocycles. The fraction of sp³-hybridized carbons (Fsp3) is 0.200. The van der Waals surface area contributed by atoms with E-state index in [0.29, 0.717) is 5.39 Å². The second-order valence-corrected chi connectivity index (χ2v) is 7.41. The van der Waals surface area contributed by atoms with Crippen molar-refractivity contribution in [3.63, 3.8) is 0 Å². The molecule has 2 aromatic carbocycles. The van der Waals surface area contributed by atoms with Crippen LogP contribution in [0.5, 0.6) is 0 Å². The summed E-state index contributed by atoms with van der Waals surface area (Å²) in [6.07, 6.45) is 0.334. The summed E-state index contributed by atoms with van der Waals surface area (Å²) < 4.78 is 34.1. The number of fused-ring (bicyclic) bond motifs is 1. The first-order chi connectivity index (χ1) is 14.0. The van der Waals surface area contributed by atoms with Crippen LogP contribution in [0.15, 0.2) is 42.6 Å². The summed E-state index contributed by atoms with van der Waals surface area (Å²) >= 11 is 0. The van der Waals surface area contributed by atoms with E-state index in [9.17, 15) is 28.5 Å². The van der Waals surface area contributed by atoms with Crippen molar-refractivity contribution in [2.75, 3.05) is 5.32 Å². The molecule has 3 rings (SSSR count). The first-order valence-electron chi connectivity index (χ1n) is 8.76. The molecule has 0 unspecified atom stereocenters. The Labute approximate surface area is 169 Å². The lowest BCUT2D eigenvalue weighted by Gasteiger charge is -2.20. The summed E-state index contributed by atoms with van der Waals surface area (Å²) in [5.41, 5.74) is -2.29. The Morgan fingerprint density at radius 2 is 1.77 bits per heavy atom. The van der Waals surface area contributed by atoms with Gasteiger partial charge in [-0.1, -0.05) is 6.07 Å². The molecule has 0 saturated heterocycles. The number of amides is 1. The van der Waals surface area contributed by atoms with Crippen molar-refractivity contribution < 1.29 is 28.0 Å². The van der Waals surface area contributed by atoms with Gasteiger partial charge < -0.3 is 10.1 Å². The van der Waals surface area contributed by atoms with Crippen LogP contribution >= 0.6 is 0 Å². The number of ether oxygens (including phenoxy) is 1. The Balaban J connectivity index is 2.17. The van der Waals surface area contributed by atoms with E-state index in [1.165, 1.54) is 18.3 Å². The van der Waals surface area contributed by atoms with Gasteiger partial charge >= 0.3 is 6.09 Å². The molecule has 1 amide bonds. The Kier molecular flexibility index (Phi) is 5.26. The lowest BCUT2D eigenvalue weighted by molar-refractivity contribution is -0.384. The smallest absolute Gasteiger partial charge is 0.419 e. The first-order valence-corrected chi connectivity index (χ1v) is 8.76. The van der Waals surface area contributed by atoms with E-state index in [0.717, 1.165) is 28.8 Å². The van der Waals surface area contributed by atoms with Crippen molar-refractivity contribution >= 4 is 34.1 Å².